The number of aryl methyl sites for hydroxylation is 1. The lowest BCUT2D eigenvalue weighted by atomic mass is 10.0. The highest BCUT2D eigenvalue weighted by molar-refractivity contribution is 6.31. The standard InChI is InChI=1S/C13H24ClN3/c1-3-5-6-7-8-9-12(15)13-11(14)10-16-17(13)4-2/h10,12H,3-9,15H2,1-2H3. The number of halogens is 1. The number of nitrogens with zero attached hydrogens (tertiary/aromatic N) is 2. The molecule has 98 valence electrons. The molecule has 0 saturated heterocycles. The van der Waals surface area contributed by atoms with E-state index in [1.54, 1.807) is 6.20 Å². The van der Waals surface area contributed by atoms with Gasteiger partial charge in [0.1, 0.15) is 0 Å². The molecule has 1 aromatic rings. The average molecular weight is 258 g/mol. The summed E-state index contributed by atoms with van der Waals surface area (Å²) in [5.74, 6) is 0. The topological polar surface area (TPSA) is 43.8 Å². The van der Waals surface area contributed by atoms with Gasteiger partial charge in [0.05, 0.1) is 16.9 Å². The van der Waals surface area contributed by atoms with E-state index in [1.807, 2.05) is 4.68 Å². The molecule has 0 saturated carbocycles. The summed E-state index contributed by atoms with van der Waals surface area (Å²) in [6.45, 7) is 5.11. The SMILES string of the molecule is CCCCCCCC(N)c1c(Cl)cnn1CC. The van der Waals surface area contributed by atoms with Crippen molar-refractivity contribution in [1.29, 1.82) is 0 Å². The third kappa shape index (κ3) is 4.32. The number of nitrogens with two attached hydrogens (primary N) is 1. The fourth-order valence-electron chi connectivity index (χ4n) is 2.10. The van der Waals surface area contributed by atoms with Crippen LogP contribution in [-0.2, 0) is 6.54 Å². The number of hydrogen-bond acceptors (Lipinski definition) is 2. The molecular weight excluding hydrogens is 234 g/mol. The van der Waals surface area contributed by atoms with Crippen molar-refractivity contribution < 1.29 is 0 Å². The van der Waals surface area contributed by atoms with Crippen molar-refractivity contribution in [3.05, 3.63) is 16.9 Å². The summed E-state index contributed by atoms with van der Waals surface area (Å²) in [6.07, 6.45) is 9.03. The Balaban J connectivity index is 2.40. The van der Waals surface area contributed by atoms with Crippen LogP contribution in [0.1, 0.15) is 64.1 Å². The molecule has 3 nitrogen and oxygen atoms in total. The Morgan fingerprint density at radius 3 is 2.65 bits per heavy atom. The molecule has 2 N–H and O–H groups in total. The summed E-state index contributed by atoms with van der Waals surface area (Å²) in [6, 6.07) is 0.0200. The molecule has 0 radical (unpaired) electrons. The van der Waals surface area contributed by atoms with Crippen molar-refractivity contribution in [1.82, 2.24) is 9.78 Å². The van der Waals surface area contributed by atoms with Gasteiger partial charge in [-0.3, -0.25) is 4.68 Å². The molecule has 0 bridgehead atoms. The van der Waals surface area contributed by atoms with Crippen molar-refractivity contribution in [2.24, 2.45) is 5.73 Å². The van der Waals surface area contributed by atoms with Gasteiger partial charge in [0.2, 0.25) is 0 Å². The summed E-state index contributed by atoms with van der Waals surface area (Å²) in [5, 5.41) is 4.92. The van der Waals surface area contributed by atoms with E-state index >= 15 is 0 Å². The van der Waals surface area contributed by atoms with E-state index in [-0.39, 0.29) is 6.04 Å². The zero-order valence-electron chi connectivity index (χ0n) is 11.0. The van der Waals surface area contributed by atoms with Crippen molar-refractivity contribution in [3.8, 4) is 0 Å². The molecule has 0 fully saturated rings. The van der Waals surface area contributed by atoms with Crippen LogP contribution in [0.3, 0.4) is 0 Å². The minimum Gasteiger partial charge on any atom is -0.323 e. The second-order valence-corrected chi connectivity index (χ2v) is 4.91. The van der Waals surface area contributed by atoms with E-state index in [4.69, 9.17) is 17.3 Å². The van der Waals surface area contributed by atoms with E-state index in [9.17, 15) is 0 Å². The van der Waals surface area contributed by atoms with Gasteiger partial charge in [-0.1, -0.05) is 50.6 Å². The highest BCUT2D eigenvalue weighted by Crippen LogP contribution is 2.25. The van der Waals surface area contributed by atoms with Gasteiger partial charge in [-0.05, 0) is 13.3 Å². The maximum absolute atomic E-state index is 6.19. The Kier molecular flexibility index (Phi) is 6.60. The van der Waals surface area contributed by atoms with Crippen LogP contribution in [0, 0.1) is 0 Å². The molecule has 1 unspecified atom stereocenters. The minimum absolute atomic E-state index is 0.0200. The molecule has 0 spiro atoms. The van der Waals surface area contributed by atoms with Crippen molar-refractivity contribution in [2.45, 2.75) is 65.0 Å². The fourth-order valence-corrected chi connectivity index (χ4v) is 2.38. The molecule has 0 aliphatic carbocycles. The highest BCUT2D eigenvalue weighted by Gasteiger charge is 2.15. The van der Waals surface area contributed by atoms with Gasteiger partial charge in [0.25, 0.3) is 0 Å². The third-order valence-electron chi connectivity index (χ3n) is 3.10. The van der Waals surface area contributed by atoms with Gasteiger partial charge in [0, 0.05) is 12.6 Å². The summed E-state index contributed by atoms with van der Waals surface area (Å²) < 4.78 is 1.90. The molecule has 0 amide bonds. The van der Waals surface area contributed by atoms with E-state index < -0.39 is 0 Å². The lowest BCUT2D eigenvalue weighted by Gasteiger charge is -2.14. The largest absolute Gasteiger partial charge is 0.323 e. The van der Waals surface area contributed by atoms with Crippen LogP contribution in [0.2, 0.25) is 5.02 Å². The van der Waals surface area contributed by atoms with Crippen LogP contribution in [0.4, 0.5) is 0 Å². The maximum atomic E-state index is 6.19. The highest BCUT2D eigenvalue weighted by atomic mass is 35.5. The van der Waals surface area contributed by atoms with Crippen LogP contribution in [0.15, 0.2) is 6.20 Å². The first kappa shape index (κ1) is 14.5. The minimum atomic E-state index is 0.0200. The zero-order valence-corrected chi connectivity index (χ0v) is 11.7. The number of aromatic nitrogens is 2. The van der Waals surface area contributed by atoms with Gasteiger partial charge >= 0.3 is 0 Å². The lowest BCUT2D eigenvalue weighted by Crippen LogP contribution is -2.16. The molecule has 0 aromatic carbocycles. The Morgan fingerprint density at radius 1 is 1.29 bits per heavy atom. The molecule has 17 heavy (non-hydrogen) atoms. The normalized spacial score (nSPS) is 12.9. The molecule has 4 heteroatoms. The first-order valence-corrected chi connectivity index (χ1v) is 7.05. The molecule has 1 atom stereocenters. The van der Waals surface area contributed by atoms with Crippen LogP contribution >= 0.6 is 11.6 Å². The Labute approximate surface area is 109 Å². The van der Waals surface area contributed by atoms with E-state index in [0.29, 0.717) is 5.02 Å². The second kappa shape index (κ2) is 7.72. The van der Waals surface area contributed by atoms with Crippen molar-refractivity contribution in [2.75, 3.05) is 0 Å². The van der Waals surface area contributed by atoms with Crippen LogP contribution in [0.5, 0.6) is 0 Å². The lowest BCUT2D eigenvalue weighted by molar-refractivity contribution is 0.512. The predicted octanol–water partition coefficient (Wildman–Crippen LogP) is 3.92. The molecule has 1 rings (SSSR count). The Morgan fingerprint density at radius 2 is 2.00 bits per heavy atom. The number of hydrogen-bond donors (Lipinski definition) is 1. The monoisotopic (exact) mass is 257 g/mol. The Hall–Kier alpha value is -0.540. The molecule has 1 heterocycles. The van der Waals surface area contributed by atoms with Crippen LogP contribution < -0.4 is 5.73 Å². The van der Waals surface area contributed by atoms with Gasteiger partial charge in [0.15, 0.2) is 0 Å². The van der Waals surface area contributed by atoms with Gasteiger partial charge in [-0.25, -0.2) is 0 Å². The van der Waals surface area contributed by atoms with Crippen LogP contribution in [0.25, 0.3) is 0 Å². The zero-order chi connectivity index (χ0) is 12.7. The molecule has 0 aliphatic rings. The fraction of sp³-hybridized carbons (Fsp3) is 0.769. The second-order valence-electron chi connectivity index (χ2n) is 4.50. The van der Waals surface area contributed by atoms with E-state index in [2.05, 4.69) is 18.9 Å². The first-order valence-electron chi connectivity index (χ1n) is 6.67. The van der Waals surface area contributed by atoms with Gasteiger partial charge < -0.3 is 5.73 Å². The van der Waals surface area contributed by atoms with Crippen molar-refractivity contribution in [3.63, 3.8) is 0 Å². The Bertz CT molecular complexity index is 322. The average Bonchev–Trinajstić information content (AvgIpc) is 2.70. The maximum Gasteiger partial charge on any atom is 0.0834 e. The summed E-state index contributed by atoms with van der Waals surface area (Å²) in [5.41, 5.74) is 7.18. The smallest absolute Gasteiger partial charge is 0.0834 e. The van der Waals surface area contributed by atoms with Crippen molar-refractivity contribution >= 4 is 11.6 Å². The summed E-state index contributed by atoms with van der Waals surface area (Å²) in [4.78, 5) is 0. The summed E-state index contributed by atoms with van der Waals surface area (Å²) in [7, 11) is 0. The van der Waals surface area contributed by atoms with E-state index in [0.717, 1.165) is 18.7 Å². The molecule has 1 aromatic heterocycles. The van der Waals surface area contributed by atoms with Gasteiger partial charge in [-0.2, -0.15) is 5.10 Å². The molecular formula is C13H24ClN3. The molecule has 0 aliphatic heterocycles. The first-order chi connectivity index (χ1) is 8.20. The van der Waals surface area contributed by atoms with E-state index in [1.165, 1.54) is 32.1 Å². The third-order valence-corrected chi connectivity index (χ3v) is 3.39. The number of rotatable bonds is 8. The summed E-state index contributed by atoms with van der Waals surface area (Å²) >= 11 is 6.12. The quantitative estimate of drug-likeness (QED) is 0.718. The number of unbranched alkanes of at least 4 members (excludes halogenated alkanes) is 4. The van der Waals surface area contributed by atoms with Gasteiger partial charge in [-0.15, -0.1) is 0 Å². The van der Waals surface area contributed by atoms with Crippen LogP contribution in [-0.4, -0.2) is 9.78 Å². The predicted molar refractivity (Wildman–Crippen MR) is 73.2 cm³/mol.